The predicted octanol–water partition coefficient (Wildman–Crippen LogP) is 1.03. The minimum absolute atomic E-state index is 0.0480. The van der Waals surface area contributed by atoms with Crippen LogP contribution < -0.4 is 16.4 Å². The van der Waals surface area contributed by atoms with Gasteiger partial charge in [0.15, 0.2) is 0 Å². The molecule has 7 heteroatoms. The van der Waals surface area contributed by atoms with Crippen molar-refractivity contribution in [2.24, 2.45) is 5.92 Å². The summed E-state index contributed by atoms with van der Waals surface area (Å²) >= 11 is 0. The summed E-state index contributed by atoms with van der Waals surface area (Å²) in [7, 11) is 1.34. The first-order chi connectivity index (χ1) is 13.0. The number of aromatic nitrogens is 1. The lowest BCUT2D eigenvalue weighted by Gasteiger charge is -2.29. The van der Waals surface area contributed by atoms with Crippen molar-refractivity contribution in [3.63, 3.8) is 0 Å². The number of para-hydroxylation sites is 1. The Balaban J connectivity index is 1.90. The summed E-state index contributed by atoms with van der Waals surface area (Å²) in [4.78, 5) is 25.5. The van der Waals surface area contributed by atoms with E-state index in [-0.39, 0.29) is 23.9 Å². The van der Waals surface area contributed by atoms with Gasteiger partial charge in [0.25, 0.3) is 5.56 Å². The predicted molar refractivity (Wildman–Crippen MR) is 101 cm³/mol. The average Bonchev–Trinajstić information content (AvgIpc) is 3.01. The molecule has 1 saturated heterocycles. The van der Waals surface area contributed by atoms with Crippen LogP contribution in [0.15, 0.2) is 29.1 Å². The van der Waals surface area contributed by atoms with Gasteiger partial charge in [-0.05, 0) is 36.8 Å². The molecule has 3 heterocycles. The van der Waals surface area contributed by atoms with Crippen molar-refractivity contribution in [3.05, 3.63) is 45.7 Å². The first kappa shape index (κ1) is 18.2. The molecule has 0 saturated carbocycles. The zero-order valence-corrected chi connectivity index (χ0v) is 15.6. The van der Waals surface area contributed by atoms with Gasteiger partial charge in [-0.1, -0.05) is 18.2 Å². The van der Waals surface area contributed by atoms with Crippen molar-refractivity contribution in [2.45, 2.75) is 50.9 Å². The number of ether oxygens (including phenoxy) is 1. The van der Waals surface area contributed by atoms with Crippen LogP contribution in [0.25, 0.3) is 10.9 Å². The maximum absolute atomic E-state index is 13.4. The van der Waals surface area contributed by atoms with Crippen LogP contribution in [0.4, 0.5) is 0 Å². The minimum Gasteiger partial charge on any atom is -0.469 e. The second-order valence-electron chi connectivity index (χ2n) is 7.50. The SMILES string of the molecule is COC(=O)CC(c1cc2cccc3c2n(c1=O)CCC3)C1C(C)NNC1O. The fourth-order valence-electron chi connectivity index (χ4n) is 4.62. The van der Waals surface area contributed by atoms with E-state index in [4.69, 9.17) is 4.74 Å². The van der Waals surface area contributed by atoms with Crippen LogP contribution >= 0.6 is 0 Å². The highest BCUT2D eigenvalue weighted by Gasteiger charge is 2.41. The molecule has 144 valence electrons. The normalized spacial score (nSPS) is 25.5. The molecule has 0 amide bonds. The smallest absolute Gasteiger partial charge is 0.306 e. The average molecular weight is 371 g/mol. The molecule has 4 unspecified atom stereocenters. The quantitative estimate of drug-likeness (QED) is 0.695. The number of nitrogens with one attached hydrogen (secondary N) is 2. The van der Waals surface area contributed by atoms with E-state index < -0.39 is 18.1 Å². The summed E-state index contributed by atoms with van der Waals surface area (Å²) in [6.07, 6.45) is 1.08. The molecule has 0 bridgehead atoms. The third-order valence-corrected chi connectivity index (χ3v) is 5.93. The maximum Gasteiger partial charge on any atom is 0.306 e. The van der Waals surface area contributed by atoms with Gasteiger partial charge < -0.3 is 14.4 Å². The molecule has 4 rings (SSSR count). The Labute approximate surface area is 157 Å². The van der Waals surface area contributed by atoms with Crippen LogP contribution in [0, 0.1) is 5.92 Å². The number of benzene rings is 1. The van der Waals surface area contributed by atoms with E-state index in [0.29, 0.717) is 12.1 Å². The highest BCUT2D eigenvalue weighted by atomic mass is 16.5. The van der Waals surface area contributed by atoms with Crippen molar-refractivity contribution in [2.75, 3.05) is 7.11 Å². The number of hydrogen-bond acceptors (Lipinski definition) is 6. The minimum atomic E-state index is -0.850. The molecule has 0 aliphatic carbocycles. The van der Waals surface area contributed by atoms with Crippen LogP contribution in [0.3, 0.4) is 0 Å². The Bertz CT molecular complexity index is 929. The summed E-state index contributed by atoms with van der Waals surface area (Å²) in [6, 6.07) is 7.88. The van der Waals surface area contributed by atoms with Gasteiger partial charge in [-0.25, -0.2) is 5.43 Å². The lowest BCUT2D eigenvalue weighted by molar-refractivity contribution is -0.141. The molecule has 4 atom stereocenters. The largest absolute Gasteiger partial charge is 0.469 e. The first-order valence-corrected chi connectivity index (χ1v) is 9.42. The second-order valence-corrected chi connectivity index (χ2v) is 7.50. The molecule has 1 fully saturated rings. The fourth-order valence-corrected chi connectivity index (χ4v) is 4.62. The van der Waals surface area contributed by atoms with E-state index in [1.807, 2.05) is 29.7 Å². The number of aliphatic hydroxyl groups excluding tert-OH is 1. The number of esters is 1. The Kier molecular flexibility index (Phi) is 4.75. The Morgan fingerprint density at radius 1 is 1.41 bits per heavy atom. The van der Waals surface area contributed by atoms with Crippen molar-refractivity contribution in [3.8, 4) is 0 Å². The van der Waals surface area contributed by atoms with Gasteiger partial charge >= 0.3 is 5.97 Å². The third kappa shape index (κ3) is 3.05. The van der Waals surface area contributed by atoms with Gasteiger partial charge in [-0.2, -0.15) is 0 Å². The van der Waals surface area contributed by atoms with Gasteiger partial charge in [0, 0.05) is 30.0 Å². The van der Waals surface area contributed by atoms with E-state index in [0.717, 1.165) is 23.7 Å². The summed E-state index contributed by atoms with van der Waals surface area (Å²) in [5, 5.41) is 11.4. The number of aliphatic hydroxyl groups is 1. The first-order valence-electron chi connectivity index (χ1n) is 9.42. The van der Waals surface area contributed by atoms with Crippen LogP contribution in [0.2, 0.25) is 0 Å². The number of nitrogens with zero attached hydrogens (tertiary/aromatic N) is 1. The molecular weight excluding hydrogens is 346 g/mol. The van der Waals surface area contributed by atoms with Gasteiger partial charge in [0.05, 0.1) is 19.0 Å². The van der Waals surface area contributed by atoms with Crippen LogP contribution in [-0.4, -0.2) is 35.0 Å². The number of rotatable bonds is 4. The van der Waals surface area contributed by atoms with Crippen molar-refractivity contribution in [1.82, 2.24) is 15.4 Å². The molecule has 3 N–H and O–H groups in total. The summed E-state index contributed by atoms with van der Waals surface area (Å²) in [5.74, 6) is -1.16. The van der Waals surface area contributed by atoms with Crippen LogP contribution in [-0.2, 0) is 22.5 Å². The van der Waals surface area contributed by atoms with Gasteiger partial charge in [-0.3, -0.25) is 15.0 Å². The highest BCUT2D eigenvalue weighted by Crippen LogP contribution is 2.35. The molecule has 0 spiro atoms. The van der Waals surface area contributed by atoms with E-state index >= 15 is 0 Å². The van der Waals surface area contributed by atoms with Crippen LogP contribution in [0.5, 0.6) is 0 Å². The molecular formula is C20H25N3O4. The van der Waals surface area contributed by atoms with Crippen molar-refractivity contribution >= 4 is 16.9 Å². The molecule has 7 nitrogen and oxygen atoms in total. The van der Waals surface area contributed by atoms with Gasteiger partial charge in [0.2, 0.25) is 0 Å². The number of hydrogen-bond donors (Lipinski definition) is 3. The number of carbonyl (C=O) groups is 1. The van der Waals surface area contributed by atoms with E-state index in [2.05, 4.69) is 16.9 Å². The number of aryl methyl sites for hydroxylation is 2. The topological polar surface area (TPSA) is 92.6 Å². The maximum atomic E-state index is 13.4. The molecule has 2 aliphatic heterocycles. The standard InChI is InChI=1S/C20H25N3O4/c1-11-17(19(25)22-21-11)14(10-16(24)27-2)15-9-13-6-3-5-12-7-4-8-23(18(12)13)20(15)26/h3,5-6,9,11,14,17,19,21-22,25H,4,7-8,10H2,1-2H3. The molecule has 2 aromatic rings. The Morgan fingerprint density at radius 2 is 2.22 bits per heavy atom. The van der Waals surface area contributed by atoms with Crippen LogP contribution in [0.1, 0.15) is 36.8 Å². The number of pyridine rings is 1. The van der Waals surface area contributed by atoms with Crippen molar-refractivity contribution in [1.29, 1.82) is 0 Å². The Hall–Kier alpha value is -2.22. The summed E-state index contributed by atoms with van der Waals surface area (Å²) in [5.41, 5.74) is 8.48. The second kappa shape index (κ2) is 7.07. The lowest BCUT2D eigenvalue weighted by Crippen LogP contribution is -2.37. The fraction of sp³-hybridized carbons (Fsp3) is 0.500. The molecule has 1 aromatic heterocycles. The monoisotopic (exact) mass is 371 g/mol. The molecule has 27 heavy (non-hydrogen) atoms. The summed E-state index contributed by atoms with van der Waals surface area (Å²) < 4.78 is 6.71. The number of carbonyl (C=O) groups excluding carboxylic acids is 1. The number of hydrazine groups is 1. The van der Waals surface area contributed by atoms with Gasteiger partial charge in [-0.15, -0.1) is 0 Å². The zero-order valence-electron chi connectivity index (χ0n) is 15.6. The van der Waals surface area contributed by atoms with E-state index in [1.165, 1.54) is 12.7 Å². The zero-order chi connectivity index (χ0) is 19.1. The third-order valence-electron chi connectivity index (χ3n) is 5.93. The van der Waals surface area contributed by atoms with E-state index in [9.17, 15) is 14.7 Å². The Morgan fingerprint density at radius 3 is 2.93 bits per heavy atom. The van der Waals surface area contributed by atoms with E-state index in [1.54, 1.807) is 0 Å². The molecule has 1 aromatic carbocycles. The number of methoxy groups -OCH3 is 1. The highest BCUT2D eigenvalue weighted by molar-refractivity contribution is 5.83. The summed E-state index contributed by atoms with van der Waals surface area (Å²) in [6.45, 7) is 2.60. The molecule has 0 radical (unpaired) electrons. The lowest BCUT2D eigenvalue weighted by atomic mass is 9.79. The van der Waals surface area contributed by atoms with Gasteiger partial charge in [0.1, 0.15) is 6.23 Å². The molecule has 2 aliphatic rings. The van der Waals surface area contributed by atoms with Crippen molar-refractivity contribution < 1.29 is 14.6 Å².